The van der Waals surface area contributed by atoms with Crippen molar-refractivity contribution in [1.82, 2.24) is 0 Å². The smallest absolute Gasteiger partial charge is 0.104 e. The molecule has 96 valence electrons. The van der Waals surface area contributed by atoms with E-state index in [0.717, 1.165) is 12.8 Å². The molecular formula is C14H18N2O2. The van der Waals surface area contributed by atoms with Crippen molar-refractivity contribution in [2.24, 2.45) is 11.8 Å². The number of nitrogens with zero attached hydrogens (tertiary/aromatic N) is 2. The first-order valence-electron chi connectivity index (χ1n) is 6.45. The van der Waals surface area contributed by atoms with Crippen molar-refractivity contribution in [2.45, 2.75) is 37.9 Å². The summed E-state index contributed by atoms with van der Waals surface area (Å²) in [5, 5.41) is 18.8. The first-order valence-corrected chi connectivity index (χ1v) is 6.45. The highest BCUT2D eigenvalue weighted by molar-refractivity contribution is 5.33. The van der Waals surface area contributed by atoms with Gasteiger partial charge >= 0.3 is 0 Å². The van der Waals surface area contributed by atoms with E-state index in [9.17, 15) is 10.5 Å². The van der Waals surface area contributed by atoms with Gasteiger partial charge in [-0.05, 0) is 26.7 Å². The summed E-state index contributed by atoms with van der Waals surface area (Å²) in [7, 11) is 0. The molecule has 0 spiro atoms. The van der Waals surface area contributed by atoms with Crippen LogP contribution in [0.4, 0.5) is 0 Å². The highest BCUT2D eigenvalue weighted by Gasteiger charge is 2.59. The Morgan fingerprint density at radius 1 is 1.00 bits per heavy atom. The number of hydrogen-bond acceptors (Lipinski definition) is 4. The summed E-state index contributed by atoms with van der Waals surface area (Å²) in [5.41, 5.74) is -1.19. The zero-order valence-electron chi connectivity index (χ0n) is 10.8. The Bertz CT molecular complexity index is 394. The van der Waals surface area contributed by atoms with Gasteiger partial charge in [0.05, 0.1) is 24.0 Å². The Hall–Kier alpha value is -1.36. The average Bonchev–Trinajstić information content (AvgIpc) is 2.39. The van der Waals surface area contributed by atoms with E-state index in [2.05, 4.69) is 12.1 Å². The van der Waals surface area contributed by atoms with Gasteiger partial charge in [-0.15, -0.1) is 0 Å². The molecule has 0 heterocycles. The third-order valence-electron chi connectivity index (χ3n) is 4.04. The molecule has 1 fully saturated rings. The normalized spacial score (nSPS) is 41.3. The second-order valence-electron chi connectivity index (χ2n) is 4.82. The molecule has 3 aliphatic carbocycles. The Labute approximate surface area is 108 Å². The van der Waals surface area contributed by atoms with Crippen LogP contribution in [0.25, 0.3) is 0 Å². The molecule has 3 aliphatic rings. The van der Waals surface area contributed by atoms with Crippen LogP contribution < -0.4 is 0 Å². The van der Waals surface area contributed by atoms with Crippen LogP contribution in [-0.2, 0) is 9.47 Å². The molecule has 0 radical (unpaired) electrons. The second kappa shape index (κ2) is 4.72. The average molecular weight is 246 g/mol. The molecule has 18 heavy (non-hydrogen) atoms. The summed E-state index contributed by atoms with van der Waals surface area (Å²) < 4.78 is 11.6. The predicted octanol–water partition coefficient (Wildman–Crippen LogP) is 2.18. The monoisotopic (exact) mass is 246 g/mol. The second-order valence-corrected chi connectivity index (χ2v) is 4.82. The van der Waals surface area contributed by atoms with E-state index in [-0.39, 0.29) is 0 Å². The molecule has 4 heteroatoms. The van der Waals surface area contributed by atoms with Crippen LogP contribution in [0.15, 0.2) is 12.2 Å². The Kier molecular flexibility index (Phi) is 3.43. The lowest BCUT2D eigenvalue weighted by atomic mass is 9.58. The van der Waals surface area contributed by atoms with Crippen molar-refractivity contribution in [3.8, 4) is 12.1 Å². The number of hydrogen-bond donors (Lipinski definition) is 0. The molecule has 4 atom stereocenters. The Morgan fingerprint density at radius 2 is 1.39 bits per heavy atom. The number of fused-ring (bicyclic) bond motifs is 2. The zero-order chi connectivity index (χ0) is 13.2. The summed E-state index contributed by atoms with van der Waals surface area (Å²) in [6.45, 7) is 4.92. The Morgan fingerprint density at radius 3 is 1.61 bits per heavy atom. The van der Waals surface area contributed by atoms with Gasteiger partial charge in [-0.25, -0.2) is 0 Å². The first kappa shape index (κ1) is 13.1. The molecule has 0 aromatic heterocycles. The standard InChI is InChI=1S/C14H18N2O2/c1-3-17-13-5-7-14(8-6-13,18-4-2)12(10-16)11(13)9-15/h5,7,11-12H,3-4,6,8H2,1-2H3/t11-,12+,13-,14+. The number of nitriles is 2. The van der Waals surface area contributed by atoms with Crippen molar-refractivity contribution < 1.29 is 9.47 Å². The molecule has 0 unspecified atom stereocenters. The molecule has 0 aliphatic heterocycles. The molecule has 1 saturated carbocycles. The maximum atomic E-state index is 9.42. The minimum absolute atomic E-state index is 0.451. The van der Waals surface area contributed by atoms with E-state index in [1.807, 2.05) is 26.0 Å². The molecule has 0 saturated heterocycles. The summed E-state index contributed by atoms with van der Waals surface area (Å²) in [6, 6.07) is 4.53. The summed E-state index contributed by atoms with van der Waals surface area (Å²) in [4.78, 5) is 0. The summed E-state index contributed by atoms with van der Waals surface area (Å²) in [5.74, 6) is -0.902. The summed E-state index contributed by atoms with van der Waals surface area (Å²) in [6.07, 6.45) is 5.37. The van der Waals surface area contributed by atoms with Gasteiger partial charge in [-0.2, -0.15) is 10.5 Å². The molecule has 4 nitrogen and oxygen atoms in total. The van der Waals surface area contributed by atoms with Gasteiger partial charge in [0.1, 0.15) is 11.2 Å². The van der Waals surface area contributed by atoms with Crippen LogP contribution in [0.2, 0.25) is 0 Å². The van der Waals surface area contributed by atoms with E-state index in [4.69, 9.17) is 9.47 Å². The maximum Gasteiger partial charge on any atom is 0.104 e. The van der Waals surface area contributed by atoms with Crippen LogP contribution >= 0.6 is 0 Å². The van der Waals surface area contributed by atoms with Gasteiger partial charge in [0, 0.05) is 13.2 Å². The number of ether oxygens (including phenoxy) is 2. The lowest BCUT2D eigenvalue weighted by Gasteiger charge is -2.53. The lowest BCUT2D eigenvalue weighted by Crippen LogP contribution is -2.60. The minimum Gasteiger partial charge on any atom is -0.370 e. The van der Waals surface area contributed by atoms with E-state index in [1.54, 1.807) is 0 Å². The molecule has 0 N–H and O–H groups in total. The largest absolute Gasteiger partial charge is 0.370 e. The van der Waals surface area contributed by atoms with Gasteiger partial charge in [0.15, 0.2) is 0 Å². The molecule has 0 aromatic carbocycles. The highest BCUT2D eigenvalue weighted by atomic mass is 16.5. The van der Waals surface area contributed by atoms with Crippen molar-refractivity contribution in [1.29, 1.82) is 10.5 Å². The SMILES string of the molecule is CCO[C@]12C=C[C@](OCC)(CC1)[C@@H](C#N)[C@H]2C#N. The molecule has 0 aromatic rings. The van der Waals surface area contributed by atoms with Crippen molar-refractivity contribution >= 4 is 0 Å². The van der Waals surface area contributed by atoms with E-state index in [0.29, 0.717) is 13.2 Å². The van der Waals surface area contributed by atoms with Gasteiger partial charge in [0.2, 0.25) is 0 Å². The van der Waals surface area contributed by atoms with E-state index >= 15 is 0 Å². The fourth-order valence-electron chi connectivity index (χ4n) is 3.25. The van der Waals surface area contributed by atoms with Gasteiger partial charge in [-0.3, -0.25) is 0 Å². The molecule has 2 bridgehead atoms. The van der Waals surface area contributed by atoms with Crippen LogP contribution in [0, 0.1) is 34.5 Å². The summed E-state index contributed by atoms with van der Waals surface area (Å²) >= 11 is 0. The number of rotatable bonds is 4. The fourth-order valence-corrected chi connectivity index (χ4v) is 3.25. The fraction of sp³-hybridized carbons (Fsp3) is 0.714. The lowest BCUT2D eigenvalue weighted by molar-refractivity contribution is -0.151. The van der Waals surface area contributed by atoms with Crippen LogP contribution in [0.3, 0.4) is 0 Å². The van der Waals surface area contributed by atoms with E-state index in [1.165, 1.54) is 0 Å². The van der Waals surface area contributed by atoms with Crippen LogP contribution in [-0.4, -0.2) is 24.4 Å². The van der Waals surface area contributed by atoms with Crippen LogP contribution in [0.1, 0.15) is 26.7 Å². The van der Waals surface area contributed by atoms with Crippen molar-refractivity contribution in [3.05, 3.63) is 12.2 Å². The van der Waals surface area contributed by atoms with Crippen molar-refractivity contribution in [3.63, 3.8) is 0 Å². The van der Waals surface area contributed by atoms with E-state index < -0.39 is 23.0 Å². The van der Waals surface area contributed by atoms with Crippen molar-refractivity contribution in [2.75, 3.05) is 13.2 Å². The molecule has 3 rings (SSSR count). The minimum atomic E-state index is -0.594. The van der Waals surface area contributed by atoms with Gasteiger partial charge in [0.25, 0.3) is 0 Å². The quantitative estimate of drug-likeness (QED) is 0.713. The zero-order valence-corrected chi connectivity index (χ0v) is 10.8. The maximum absolute atomic E-state index is 9.42. The molecule has 0 amide bonds. The van der Waals surface area contributed by atoms with Gasteiger partial charge < -0.3 is 9.47 Å². The van der Waals surface area contributed by atoms with Crippen LogP contribution in [0.5, 0.6) is 0 Å². The third-order valence-corrected chi connectivity index (χ3v) is 4.04. The Balaban J connectivity index is 2.44. The predicted molar refractivity (Wildman–Crippen MR) is 65.3 cm³/mol. The highest BCUT2D eigenvalue weighted by Crippen LogP contribution is 2.52. The third kappa shape index (κ3) is 1.65. The topological polar surface area (TPSA) is 66.0 Å². The van der Waals surface area contributed by atoms with Gasteiger partial charge in [-0.1, -0.05) is 12.2 Å². The molecular weight excluding hydrogens is 228 g/mol. The first-order chi connectivity index (χ1) is 8.68.